The van der Waals surface area contributed by atoms with E-state index in [4.69, 9.17) is 4.98 Å². The number of hydrogen-bond donors (Lipinski definition) is 1. The number of pyridine rings is 1. The van der Waals surface area contributed by atoms with Crippen LogP contribution in [-0.2, 0) is 19.4 Å². The summed E-state index contributed by atoms with van der Waals surface area (Å²) in [5, 5.41) is 1.28. The molecular weight excluding hydrogens is 353 g/mol. The second kappa shape index (κ2) is 8.12. The van der Waals surface area contributed by atoms with Gasteiger partial charge in [0.15, 0.2) is 0 Å². The van der Waals surface area contributed by atoms with Gasteiger partial charge in [0, 0.05) is 30.4 Å². The molecule has 4 aromatic rings. The average molecular weight is 377 g/mol. The van der Waals surface area contributed by atoms with Crippen LogP contribution in [0.5, 0.6) is 0 Å². The van der Waals surface area contributed by atoms with E-state index in [1.165, 1.54) is 38.9 Å². The Balaban J connectivity index is 0.00000120. The maximum absolute atomic E-state index is 4.83. The molecule has 0 amide bonds. The van der Waals surface area contributed by atoms with E-state index in [-0.39, 0.29) is 31.0 Å². The van der Waals surface area contributed by atoms with Crippen molar-refractivity contribution in [2.75, 3.05) is 11.4 Å². The first-order chi connectivity index (χ1) is 13.3. The second-order valence-corrected chi connectivity index (χ2v) is 7.39. The molecule has 28 heavy (non-hydrogen) atoms. The zero-order chi connectivity index (χ0) is 18.2. The maximum Gasteiger partial charge on any atom is 1.00 e. The molecule has 4 heteroatoms. The van der Waals surface area contributed by atoms with E-state index in [0.29, 0.717) is 0 Å². The summed E-state index contributed by atoms with van der Waals surface area (Å²) in [7, 11) is 0. The van der Waals surface area contributed by atoms with Crippen molar-refractivity contribution in [3.05, 3.63) is 94.8 Å². The van der Waals surface area contributed by atoms with Crippen LogP contribution in [0.1, 0.15) is 29.4 Å². The topological polar surface area (TPSA) is 31.9 Å². The molecule has 0 bridgehead atoms. The molecule has 3 heterocycles. The van der Waals surface area contributed by atoms with Crippen LogP contribution < -0.4 is 34.5 Å². The monoisotopic (exact) mass is 377 g/mol. The normalized spacial score (nSPS) is 13.2. The summed E-state index contributed by atoms with van der Waals surface area (Å²) >= 11 is 0. The van der Waals surface area contributed by atoms with Gasteiger partial charge < -0.3 is 11.3 Å². The summed E-state index contributed by atoms with van der Waals surface area (Å²) in [4.78, 5) is 10.8. The summed E-state index contributed by atoms with van der Waals surface area (Å²) in [6, 6.07) is 21.6. The fraction of sp³-hybridized carbons (Fsp3) is 0.208. The molecule has 2 aromatic carbocycles. The van der Waals surface area contributed by atoms with E-state index >= 15 is 0 Å². The average Bonchev–Trinajstić information content (AvgIpc) is 3.04. The van der Waals surface area contributed by atoms with Gasteiger partial charge in [-0.05, 0) is 48.1 Å². The quantitative estimate of drug-likeness (QED) is 0.555. The van der Waals surface area contributed by atoms with Gasteiger partial charge in [0.25, 0.3) is 0 Å². The van der Waals surface area contributed by atoms with Crippen molar-refractivity contribution in [1.82, 2.24) is 9.97 Å². The molecule has 0 saturated heterocycles. The number of nitrogens with one attached hydrogen (secondary N) is 1. The van der Waals surface area contributed by atoms with Crippen LogP contribution in [0.4, 0.5) is 5.82 Å². The van der Waals surface area contributed by atoms with Gasteiger partial charge in [-0.2, -0.15) is 0 Å². The molecule has 1 N–H and O–H groups in total. The number of aryl methyl sites for hydroxylation is 1. The Hall–Kier alpha value is -2.07. The summed E-state index contributed by atoms with van der Waals surface area (Å²) in [6.45, 7) is 4.11. The number of aromatic nitrogens is 2. The first-order valence-corrected chi connectivity index (χ1v) is 9.61. The van der Waals surface area contributed by atoms with Gasteiger partial charge in [0.05, 0.1) is 5.52 Å². The van der Waals surface area contributed by atoms with Crippen LogP contribution in [0.2, 0.25) is 0 Å². The molecule has 3 nitrogen and oxygen atoms in total. The minimum atomic E-state index is 0. The molecular formula is C24H24N3Na. The largest absolute Gasteiger partial charge is 1.00 e. The second-order valence-electron chi connectivity index (χ2n) is 7.39. The number of hydrogen-bond acceptors (Lipinski definition) is 2. The molecule has 136 valence electrons. The van der Waals surface area contributed by atoms with Gasteiger partial charge in [0.1, 0.15) is 5.82 Å². The number of benzene rings is 2. The van der Waals surface area contributed by atoms with Crippen molar-refractivity contribution in [2.45, 2.75) is 26.3 Å². The molecule has 0 saturated carbocycles. The number of nitrogens with zero attached hydrogens (tertiary/aromatic N) is 2. The molecule has 0 spiro atoms. The minimum Gasteiger partial charge on any atom is -1.00 e. The third-order valence-corrected chi connectivity index (χ3v) is 5.66. The van der Waals surface area contributed by atoms with E-state index in [0.717, 1.165) is 31.7 Å². The Kier molecular flexibility index (Phi) is 5.58. The minimum absolute atomic E-state index is 0. The Morgan fingerprint density at radius 3 is 2.57 bits per heavy atom. The summed E-state index contributed by atoms with van der Waals surface area (Å²) < 4.78 is 0. The van der Waals surface area contributed by atoms with Gasteiger partial charge in [-0.1, -0.05) is 54.6 Å². The van der Waals surface area contributed by atoms with Crippen LogP contribution in [0.3, 0.4) is 0 Å². The van der Waals surface area contributed by atoms with Crippen molar-refractivity contribution in [2.24, 2.45) is 0 Å². The zero-order valence-corrected chi connectivity index (χ0v) is 18.6. The molecule has 1 aliphatic rings. The SMILES string of the molecule is Cc1[nH]c2ccnc(N3CCc4ccccc4C3)c2c1Cc1ccccc1.[H-].[Na+]. The number of anilines is 1. The van der Waals surface area contributed by atoms with E-state index in [1.807, 2.05) is 6.20 Å². The number of fused-ring (bicyclic) bond motifs is 2. The summed E-state index contributed by atoms with van der Waals surface area (Å²) in [5.74, 6) is 1.11. The van der Waals surface area contributed by atoms with Gasteiger partial charge >= 0.3 is 29.6 Å². The molecule has 2 aromatic heterocycles. The van der Waals surface area contributed by atoms with Crippen molar-refractivity contribution < 1.29 is 31.0 Å². The van der Waals surface area contributed by atoms with E-state index in [2.05, 4.69) is 77.5 Å². The third-order valence-electron chi connectivity index (χ3n) is 5.66. The van der Waals surface area contributed by atoms with Crippen LogP contribution >= 0.6 is 0 Å². The van der Waals surface area contributed by atoms with Gasteiger partial charge in [-0.3, -0.25) is 0 Å². The van der Waals surface area contributed by atoms with E-state index in [9.17, 15) is 0 Å². The standard InChI is InChI=1S/C24H23N3.Na.H/c1-17-21(15-18-7-3-2-4-8-18)23-22(26-17)11-13-25-24(23)27-14-12-19-9-5-6-10-20(19)16-27;;/h2-11,13,26H,12,14-16H2,1H3;;/q;+1;-1. The summed E-state index contributed by atoms with van der Waals surface area (Å²) in [5.41, 5.74) is 8.00. The predicted molar refractivity (Wildman–Crippen MR) is 112 cm³/mol. The Morgan fingerprint density at radius 1 is 1.00 bits per heavy atom. The number of rotatable bonds is 3. The molecule has 0 radical (unpaired) electrons. The van der Waals surface area contributed by atoms with E-state index in [1.54, 1.807) is 0 Å². The summed E-state index contributed by atoms with van der Waals surface area (Å²) in [6.07, 6.45) is 3.93. The fourth-order valence-electron chi connectivity index (χ4n) is 4.25. The van der Waals surface area contributed by atoms with E-state index < -0.39 is 0 Å². The first kappa shape index (κ1) is 19.3. The molecule has 1 aliphatic heterocycles. The number of H-pyrrole nitrogens is 1. The molecule has 0 atom stereocenters. The van der Waals surface area contributed by atoms with Gasteiger partial charge in [-0.25, -0.2) is 4.98 Å². The number of aromatic amines is 1. The van der Waals surface area contributed by atoms with Crippen LogP contribution in [0, 0.1) is 6.92 Å². The fourth-order valence-corrected chi connectivity index (χ4v) is 4.25. The Bertz CT molecular complexity index is 1110. The Labute approximate surface area is 189 Å². The van der Waals surface area contributed by atoms with Crippen molar-refractivity contribution in [1.29, 1.82) is 0 Å². The van der Waals surface area contributed by atoms with Crippen LogP contribution in [0.25, 0.3) is 10.9 Å². The van der Waals surface area contributed by atoms with Crippen molar-refractivity contribution in [3.63, 3.8) is 0 Å². The van der Waals surface area contributed by atoms with Crippen molar-refractivity contribution >= 4 is 16.7 Å². The van der Waals surface area contributed by atoms with Gasteiger partial charge in [0.2, 0.25) is 0 Å². The zero-order valence-electron chi connectivity index (χ0n) is 17.6. The molecule has 5 rings (SSSR count). The van der Waals surface area contributed by atoms with Crippen LogP contribution in [-0.4, -0.2) is 16.5 Å². The molecule has 0 unspecified atom stereocenters. The maximum atomic E-state index is 4.83. The smallest absolute Gasteiger partial charge is 1.00 e. The Morgan fingerprint density at radius 2 is 1.75 bits per heavy atom. The van der Waals surface area contributed by atoms with Gasteiger partial charge in [-0.15, -0.1) is 0 Å². The molecule has 0 aliphatic carbocycles. The third kappa shape index (κ3) is 3.50. The molecule has 0 fully saturated rings. The van der Waals surface area contributed by atoms with Crippen molar-refractivity contribution in [3.8, 4) is 0 Å². The van der Waals surface area contributed by atoms with Crippen LogP contribution in [0.15, 0.2) is 66.9 Å². The first-order valence-electron chi connectivity index (χ1n) is 9.61. The predicted octanol–water partition coefficient (Wildman–Crippen LogP) is 2.14.